The third-order valence-electron chi connectivity index (χ3n) is 4.44. The van der Waals surface area contributed by atoms with Crippen LogP contribution in [0.4, 0.5) is 5.69 Å². The summed E-state index contributed by atoms with van der Waals surface area (Å²) in [7, 11) is 1.62. The molecule has 0 bridgehead atoms. The number of anilines is 1. The average Bonchev–Trinajstić information content (AvgIpc) is 2.84. The van der Waals surface area contributed by atoms with E-state index in [0.29, 0.717) is 11.3 Å². The molecule has 0 aliphatic carbocycles. The van der Waals surface area contributed by atoms with Crippen molar-refractivity contribution in [1.82, 2.24) is 0 Å². The summed E-state index contributed by atoms with van der Waals surface area (Å²) in [6.07, 6.45) is 0.202. The van der Waals surface area contributed by atoms with Gasteiger partial charge in [-0.1, -0.05) is 18.2 Å². The number of nitrogens with one attached hydrogen (secondary N) is 1. The number of carbonyl (C=O) groups is 2. The summed E-state index contributed by atoms with van der Waals surface area (Å²) >= 11 is 0. The van der Waals surface area contributed by atoms with Crippen molar-refractivity contribution in [3.63, 3.8) is 0 Å². The molecule has 3 rings (SSSR count). The van der Waals surface area contributed by atoms with E-state index in [-0.39, 0.29) is 23.7 Å². The molecule has 134 valence electrons. The predicted octanol–water partition coefficient (Wildman–Crippen LogP) is 3.96. The first-order chi connectivity index (χ1) is 12.3. The van der Waals surface area contributed by atoms with Crippen LogP contribution >= 0.6 is 0 Å². The fourth-order valence-electron chi connectivity index (χ4n) is 3.24. The Morgan fingerprint density at radius 1 is 1.15 bits per heavy atom. The van der Waals surface area contributed by atoms with Gasteiger partial charge in [0.25, 0.3) is 0 Å². The Morgan fingerprint density at radius 2 is 1.92 bits per heavy atom. The number of hydrogen-bond donors (Lipinski definition) is 1. The topological polar surface area (TPSA) is 67.8 Å². The van der Waals surface area contributed by atoms with E-state index in [0.717, 1.165) is 22.6 Å². The van der Waals surface area contributed by atoms with Crippen LogP contribution in [-0.4, -0.2) is 24.5 Å². The number of hydrogen-bond acceptors (Lipinski definition) is 4. The molecule has 1 aliphatic rings. The van der Waals surface area contributed by atoms with Crippen molar-refractivity contribution in [2.75, 3.05) is 12.4 Å². The van der Waals surface area contributed by atoms with Crippen molar-refractivity contribution in [3.05, 3.63) is 59.2 Å². The van der Waals surface area contributed by atoms with Gasteiger partial charge < -0.3 is 10.1 Å². The molecule has 5 heteroatoms. The van der Waals surface area contributed by atoms with Crippen LogP contribution in [0.15, 0.2) is 47.5 Å². The zero-order valence-corrected chi connectivity index (χ0v) is 15.4. The van der Waals surface area contributed by atoms with Crippen LogP contribution in [0.2, 0.25) is 0 Å². The Balaban J connectivity index is 1.88. The highest BCUT2D eigenvalue weighted by Crippen LogP contribution is 2.37. The quantitative estimate of drug-likeness (QED) is 0.830. The predicted molar refractivity (Wildman–Crippen MR) is 102 cm³/mol. The van der Waals surface area contributed by atoms with Gasteiger partial charge >= 0.3 is 0 Å². The molecular weight excluding hydrogens is 328 g/mol. The maximum atomic E-state index is 12.8. The summed E-state index contributed by atoms with van der Waals surface area (Å²) in [5.41, 5.74) is 3.61. The average molecular weight is 350 g/mol. The van der Waals surface area contributed by atoms with E-state index >= 15 is 0 Å². The zero-order valence-electron chi connectivity index (χ0n) is 15.4. The number of methoxy groups -OCH3 is 1. The van der Waals surface area contributed by atoms with Crippen LogP contribution < -0.4 is 10.1 Å². The Bertz CT molecular complexity index is 913. The number of rotatable bonds is 5. The first kappa shape index (κ1) is 17.9. The van der Waals surface area contributed by atoms with Gasteiger partial charge in [0.15, 0.2) is 5.78 Å². The van der Waals surface area contributed by atoms with Gasteiger partial charge in [0.1, 0.15) is 5.75 Å². The lowest BCUT2D eigenvalue weighted by Gasteiger charge is -2.16. The van der Waals surface area contributed by atoms with Gasteiger partial charge in [0, 0.05) is 23.7 Å². The molecule has 26 heavy (non-hydrogen) atoms. The van der Waals surface area contributed by atoms with Crippen molar-refractivity contribution >= 4 is 23.1 Å². The molecule has 1 amide bonds. The molecule has 0 spiro atoms. The van der Waals surface area contributed by atoms with Gasteiger partial charge in [-0.2, -0.15) is 0 Å². The highest BCUT2D eigenvalue weighted by molar-refractivity contribution is 6.18. The normalized spacial score (nSPS) is 14.4. The minimum absolute atomic E-state index is 0.0394. The van der Waals surface area contributed by atoms with E-state index in [1.54, 1.807) is 31.4 Å². The Labute approximate surface area is 153 Å². The highest BCUT2D eigenvalue weighted by Gasteiger charge is 2.32. The van der Waals surface area contributed by atoms with Gasteiger partial charge in [-0.25, -0.2) is 0 Å². The monoisotopic (exact) mass is 350 g/mol. The number of amides is 1. The van der Waals surface area contributed by atoms with E-state index in [1.165, 1.54) is 6.92 Å². The number of aliphatic imine (C=N–C) groups is 1. The minimum Gasteiger partial charge on any atom is -0.497 e. The lowest BCUT2D eigenvalue weighted by molar-refractivity contribution is -0.114. The summed E-state index contributed by atoms with van der Waals surface area (Å²) in [6, 6.07) is 12.8. The molecule has 1 aliphatic heterocycles. The van der Waals surface area contributed by atoms with E-state index in [1.807, 2.05) is 32.0 Å². The second-order valence-corrected chi connectivity index (χ2v) is 6.89. The number of benzene rings is 2. The summed E-state index contributed by atoms with van der Waals surface area (Å²) in [4.78, 5) is 28.8. The molecule has 0 fully saturated rings. The summed E-state index contributed by atoms with van der Waals surface area (Å²) in [5.74, 6) is 0.536. The van der Waals surface area contributed by atoms with Crippen LogP contribution in [0.25, 0.3) is 0 Å². The van der Waals surface area contributed by atoms with Crippen molar-refractivity contribution < 1.29 is 14.3 Å². The van der Waals surface area contributed by atoms with E-state index < -0.39 is 0 Å². The van der Waals surface area contributed by atoms with E-state index in [4.69, 9.17) is 9.73 Å². The van der Waals surface area contributed by atoms with Crippen molar-refractivity contribution in [2.24, 2.45) is 4.99 Å². The number of carbonyl (C=O) groups excluding carboxylic acids is 2. The summed E-state index contributed by atoms with van der Waals surface area (Å²) in [5, 5.41) is 2.70. The standard InChI is InChI=1S/C21H22N2O3/c1-13(24)22-15-7-5-6-14(10-15)20(25)12-19-17-11-16(26-4)8-9-18(17)21(2,3)23-19/h5-11H,12H2,1-4H3,(H,22,24). The molecular formula is C21H22N2O3. The molecule has 0 atom stereocenters. The first-order valence-electron chi connectivity index (χ1n) is 8.48. The molecule has 0 saturated carbocycles. The van der Waals surface area contributed by atoms with Crippen molar-refractivity contribution in [1.29, 1.82) is 0 Å². The summed E-state index contributed by atoms with van der Waals surface area (Å²) in [6.45, 7) is 5.51. The number of ketones is 1. The third kappa shape index (κ3) is 3.52. The molecule has 5 nitrogen and oxygen atoms in total. The lowest BCUT2D eigenvalue weighted by Crippen LogP contribution is -2.10. The van der Waals surface area contributed by atoms with Crippen LogP contribution in [0, 0.1) is 0 Å². The SMILES string of the molecule is COc1ccc2c(c1)C(CC(=O)c1cccc(NC(C)=O)c1)=NC2(C)C. The van der Waals surface area contributed by atoms with Crippen LogP contribution in [0.5, 0.6) is 5.75 Å². The fourth-order valence-corrected chi connectivity index (χ4v) is 3.24. The van der Waals surface area contributed by atoms with Gasteiger partial charge in [-0.3, -0.25) is 14.6 Å². The molecule has 0 aromatic heterocycles. The Morgan fingerprint density at radius 3 is 2.62 bits per heavy atom. The van der Waals surface area contributed by atoms with E-state index in [9.17, 15) is 9.59 Å². The molecule has 1 heterocycles. The fraction of sp³-hybridized carbons (Fsp3) is 0.286. The van der Waals surface area contributed by atoms with Gasteiger partial charge in [-0.05, 0) is 43.7 Å². The molecule has 1 N–H and O–H groups in total. The Kier molecular flexibility index (Phi) is 4.64. The van der Waals surface area contributed by atoms with Crippen LogP contribution in [0.1, 0.15) is 48.7 Å². The van der Waals surface area contributed by atoms with E-state index in [2.05, 4.69) is 5.32 Å². The number of fused-ring (bicyclic) bond motifs is 1. The smallest absolute Gasteiger partial charge is 0.221 e. The lowest BCUT2D eigenvalue weighted by atomic mass is 9.91. The van der Waals surface area contributed by atoms with Gasteiger partial charge in [0.05, 0.1) is 24.8 Å². The minimum atomic E-state index is -0.366. The first-order valence-corrected chi connectivity index (χ1v) is 8.48. The van der Waals surface area contributed by atoms with Crippen LogP contribution in [0.3, 0.4) is 0 Å². The number of ether oxygens (including phenoxy) is 1. The maximum Gasteiger partial charge on any atom is 0.221 e. The molecule has 0 saturated heterocycles. The number of nitrogens with zero attached hydrogens (tertiary/aromatic N) is 1. The second kappa shape index (κ2) is 6.75. The zero-order chi connectivity index (χ0) is 18.9. The second-order valence-electron chi connectivity index (χ2n) is 6.89. The molecule has 0 radical (unpaired) electrons. The highest BCUT2D eigenvalue weighted by atomic mass is 16.5. The van der Waals surface area contributed by atoms with Gasteiger partial charge in [0.2, 0.25) is 5.91 Å². The summed E-state index contributed by atoms with van der Waals surface area (Å²) < 4.78 is 5.32. The largest absolute Gasteiger partial charge is 0.497 e. The Hall–Kier alpha value is -2.95. The van der Waals surface area contributed by atoms with Crippen LogP contribution in [-0.2, 0) is 10.3 Å². The van der Waals surface area contributed by atoms with Crippen molar-refractivity contribution in [2.45, 2.75) is 32.7 Å². The maximum absolute atomic E-state index is 12.8. The number of Topliss-reactive ketones (excluding diaryl/α,β-unsaturated/α-hetero) is 1. The van der Waals surface area contributed by atoms with Crippen molar-refractivity contribution in [3.8, 4) is 5.75 Å². The molecule has 0 unspecified atom stereocenters. The molecule has 2 aromatic carbocycles. The van der Waals surface area contributed by atoms with Gasteiger partial charge in [-0.15, -0.1) is 0 Å². The molecule has 2 aromatic rings. The third-order valence-corrected chi connectivity index (χ3v) is 4.44.